The molecule has 0 unspecified atom stereocenters. The Bertz CT molecular complexity index is 944. The summed E-state index contributed by atoms with van der Waals surface area (Å²) in [6.07, 6.45) is 1.58. The number of thiazole rings is 1. The molecule has 2 aromatic carbocycles. The minimum atomic E-state index is -0.535. The predicted octanol–water partition coefficient (Wildman–Crippen LogP) is 4.92. The molecular formula is C19H17ClN4O2S. The van der Waals surface area contributed by atoms with E-state index in [0.29, 0.717) is 20.7 Å². The number of halogens is 1. The summed E-state index contributed by atoms with van der Waals surface area (Å²) in [5.41, 5.74) is 4.45. The number of hydrazone groups is 1. The molecule has 6 nitrogen and oxygen atoms in total. The second-order valence-corrected chi connectivity index (χ2v) is 6.73. The zero-order valence-corrected chi connectivity index (χ0v) is 16.1. The van der Waals surface area contributed by atoms with Crippen LogP contribution in [0.2, 0.25) is 5.02 Å². The van der Waals surface area contributed by atoms with Crippen LogP contribution in [0.1, 0.15) is 11.8 Å². The molecule has 0 aliphatic carbocycles. The van der Waals surface area contributed by atoms with Gasteiger partial charge in [-0.3, -0.25) is 5.43 Å². The van der Waals surface area contributed by atoms with Gasteiger partial charge >= 0.3 is 5.97 Å². The summed E-state index contributed by atoms with van der Waals surface area (Å²) in [7, 11) is 0. The molecule has 0 aliphatic rings. The van der Waals surface area contributed by atoms with Gasteiger partial charge in [0.15, 0.2) is 10.8 Å². The number of anilines is 3. The molecule has 0 saturated carbocycles. The summed E-state index contributed by atoms with van der Waals surface area (Å²) in [5.74, 6) is -0.535. The third-order valence-electron chi connectivity index (χ3n) is 3.39. The number of ether oxygens (including phenoxy) is 1. The Labute approximate surface area is 165 Å². The fourth-order valence-electron chi connectivity index (χ4n) is 2.16. The van der Waals surface area contributed by atoms with E-state index in [1.165, 1.54) is 11.3 Å². The Morgan fingerprint density at radius 3 is 2.67 bits per heavy atom. The molecule has 0 amide bonds. The van der Waals surface area contributed by atoms with E-state index >= 15 is 0 Å². The minimum Gasteiger partial charge on any atom is -0.461 e. The number of para-hydroxylation sites is 2. The number of benzene rings is 2. The third kappa shape index (κ3) is 5.06. The van der Waals surface area contributed by atoms with Gasteiger partial charge < -0.3 is 10.1 Å². The van der Waals surface area contributed by atoms with Gasteiger partial charge in [-0.15, -0.1) is 0 Å². The molecule has 0 aliphatic heterocycles. The van der Waals surface area contributed by atoms with Crippen LogP contribution in [0, 0.1) is 0 Å². The number of esters is 1. The van der Waals surface area contributed by atoms with Crippen LogP contribution in [0.15, 0.2) is 65.9 Å². The molecule has 138 valence electrons. The molecule has 0 atom stereocenters. The zero-order chi connectivity index (χ0) is 19.1. The van der Waals surface area contributed by atoms with E-state index in [4.69, 9.17) is 16.3 Å². The highest BCUT2D eigenvalue weighted by molar-refractivity contribution is 7.18. The first kappa shape index (κ1) is 18.9. The van der Waals surface area contributed by atoms with Crippen molar-refractivity contribution >= 4 is 51.1 Å². The number of hydrogen-bond acceptors (Lipinski definition) is 7. The second kappa shape index (κ2) is 9.16. The van der Waals surface area contributed by atoms with Gasteiger partial charge in [0.1, 0.15) is 0 Å². The van der Waals surface area contributed by atoms with Crippen LogP contribution >= 0.6 is 22.9 Å². The van der Waals surface area contributed by atoms with Crippen LogP contribution < -0.4 is 10.7 Å². The SMILES string of the molecule is CCOC(=O)C(=NNc1ccccc1Cl)c1cnc(Nc2ccccc2)s1. The number of aromatic nitrogens is 1. The molecule has 8 heteroatoms. The highest BCUT2D eigenvalue weighted by atomic mass is 35.5. The highest BCUT2D eigenvalue weighted by Gasteiger charge is 2.19. The van der Waals surface area contributed by atoms with Crippen molar-refractivity contribution in [1.82, 2.24) is 4.98 Å². The first-order valence-electron chi connectivity index (χ1n) is 8.21. The summed E-state index contributed by atoms with van der Waals surface area (Å²) in [4.78, 5) is 17.2. The Hall–Kier alpha value is -2.90. The molecule has 0 fully saturated rings. The van der Waals surface area contributed by atoms with Gasteiger partial charge in [-0.25, -0.2) is 9.78 Å². The number of carbonyl (C=O) groups excluding carboxylic acids is 1. The van der Waals surface area contributed by atoms with Gasteiger partial charge in [0.2, 0.25) is 0 Å². The van der Waals surface area contributed by atoms with Crippen molar-refractivity contribution in [3.8, 4) is 0 Å². The maximum atomic E-state index is 12.3. The van der Waals surface area contributed by atoms with Crippen molar-refractivity contribution in [2.75, 3.05) is 17.3 Å². The van der Waals surface area contributed by atoms with Gasteiger partial charge in [-0.05, 0) is 31.2 Å². The molecule has 0 saturated heterocycles. The minimum absolute atomic E-state index is 0.135. The van der Waals surface area contributed by atoms with Gasteiger partial charge in [-0.2, -0.15) is 5.10 Å². The summed E-state index contributed by atoms with van der Waals surface area (Å²) in [6, 6.07) is 16.8. The Morgan fingerprint density at radius 2 is 1.93 bits per heavy atom. The number of nitrogens with zero attached hydrogens (tertiary/aromatic N) is 2. The van der Waals surface area contributed by atoms with Crippen molar-refractivity contribution in [3.05, 3.63) is 70.7 Å². The van der Waals surface area contributed by atoms with Crippen molar-refractivity contribution in [1.29, 1.82) is 0 Å². The molecule has 0 spiro atoms. The van der Waals surface area contributed by atoms with Crippen molar-refractivity contribution in [3.63, 3.8) is 0 Å². The third-order valence-corrected chi connectivity index (χ3v) is 4.64. The van der Waals surface area contributed by atoms with Crippen molar-refractivity contribution in [2.45, 2.75) is 6.92 Å². The molecule has 0 radical (unpaired) electrons. The van der Waals surface area contributed by atoms with Crippen LogP contribution in [-0.4, -0.2) is 23.3 Å². The normalized spacial score (nSPS) is 11.1. The molecule has 0 bridgehead atoms. The van der Waals surface area contributed by atoms with E-state index in [2.05, 4.69) is 20.8 Å². The summed E-state index contributed by atoms with van der Waals surface area (Å²) in [6.45, 7) is 1.99. The number of hydrogen-bond donors (Lipinski definition) is 2. The maximum absolute atomic E-state index is 12.3. The fraction of sp³-hybridized carbons (Fsp3) is 0.105. The first-order chi connectivity index (χ1) is 13.2. The van der Waals surface area contributed by atoms with E-state index < -0.39 is 5.97 Å². The molecule has 1 aromatic heterocycles. The smallest absolute Gasteiger partial charge is 0.360 e. The quantitative estimate of drug-likeness (QED) is 0.334. The molecule has 3 aromatic rings. The average Bonchev–Trinajstić information content (AvgIpc) is 3.12. The van der Waals surface area contributed by atoms with Gasteiger partial charge in [-0.1, -0.05) is 53.3 Å². The van der Waals surface area contributed by atoms with Crippen LogP contribution in [-0.2, 0) is 9.53 Å². The number of nitrogens with one attached hydrogen (secondary N) is 2. The van der Waals surface area contributed by atoms with E-state index in [1.54, 1.807) is 25.3 Å². The lowest BCUT2D eigenvalue weighted by atomic mass is 10.3. The first-order valence-corrected chi connectivity index (χ1v) is 9.40. The van der Waals surface area contributed by atoms with E-state index in [-0.39, 0.29) is 12.3 Å². The highest BCUT2D eigenvalue weighted by Crippen LogP contribution is 2.24. The van der Waals surface area contributed by atoms with Crippen LogP contribution in [0.3, 0.4) is 0 Å². The van der Waals surface area contributed by atoms with Gasteiger partial charge in [0.25, 0.3) is 0 Å². The van der Waals surface area contributed by atoms with E-state index in [0.717, 1.165) is 5.69 Å². The fourth-order valence-corrected chi connectivity index (χ4v) is 3.15. The average molecular weight is 401 g/mol. The van der Waals surface area contributed by atoms with Gasteiger partial charge in [0.05, 0.1) is 28.4 Å². The van der Waals surface area contributed by atoms with Crippen LogP contribution in [0.5, 0.6) is 0 Å². The molecule has 1 heterocycles. The summed E-state index contributed by atoms with van der Waals surface area (Å²) >= 11 is 7.42. The van der Waals surface area contributed by atoms with E-state index in [1.807, 2.05) is 42.5 Å². The maximum Gasteiger partial charge on any atom is 0.360 e. The van der Waals surface area contributed by atoms with E-state index in [9.17, 15) is 4.79 Å². The zero-order valence-electron chi connectivity index (χ0n) is 14.5. The molecule has 2 N–H and O–H groups in total. The van der Waals surface area contributed by atoms with Crippen LogP contribution in [0.25, 0.3) is 0 Å². The monoisotopic (exact) mass is 400 g/mol. The van der Waals surface area contributed by atoms with Gasteiger partial charge in [0, 0.05) is 5.69 Å². The standard InChI is InChI=1S/C19H17ClN4O2S/c1-2-26-18(25)17(24-23-15-11-7-6-10-14(15)20)16-12-21-19(27-16)22-13-8-4-3-5-9-13/h3-12,23H,2H2,1H3,(H,21,22). The predicted molar refractivity (Wildman–Crippen MR) is 110 cm³/mol. The molecule has 27 heavy (non-hydrogen) atoms. The lowest BCUT2D eigenvalue weighted by Gasteiger charge is -2.06. The summed E-state index contributed by atoms with van der Waals surface area (Å²) in [5, 5.41) is 8.55. The summed E-state index contributed by atoms with van der Waals surface area (Å²) < 4.78 is 5.12. The lowest BCUT2D eigenvalue weighted by molar-refractivity contribution is -0.134. The number of rotatable bonds is 7. The molecule has 3 rings (SSSR count). The second-order valence-electron chi connectivity index (χ2n) is 5.29. The van der Waals surface area contributed by atoms with Crippen molar-refractivity contribution < 1.29 is 9.53 Å². The lowest BCUT2D eigenvalue weighted by Crippen LogP contribution is -2.19. The van der Waals surface area contributed by atoms with Crippen molar-refractivity contribution in [2.24, 2.45) is 5.10 Å². The number of carbonyl (C=O) groups is 1. The largest absolute Gasteiger partial charge is 0.461 e. The van der Waals surface area contributed by atoms with Crippen LogP contribution in [0.4, 0.5) is 16.5 Å². The molecular weight excluding hydrogens is 384 g/mol. The Kier molecular flexibility index (Phi) is 6.40. The topological polar surface area (TPSA) is 75.6 Å². The Morgan fingerprint density at radius 1 is 1.19 bits per heavy atom. The Balaban J connectivity index is 1.84.